The molecule has 0 unspecified atom stereocenters. The summed E-state index contributed by atoms with van der Waals surface area (Å²) in [5.74, 6) is -0.538. The van der Waals surface area contributed by atoms with E-state index in [0.29, 0.717) is 25.2 Å². The number of nitrogens with one attached hydrogen (secondary N) is 1. The molecule has 1 amide bonds. The Balaban J connectivity index is 1.74. The number of carbonyl (C=O) groups excluding carboxylic acids is 1. The molecular formula is C19H20N2O4. The van der Waals surface area contributed by atoms with Crippen LogP contribution >= 0.6 is 0 Å². The van der Waals surface area contributed by atoms with Crippen LogP contribution < -0.4 is 5.48 Å². The van der Waals surface area contributed by atoms with Gasteiger partial charge in [-0.05, 0) is 23.8 Å². The van der Waals surface area contributed by atoms with Crippen molar-refractivity contribution in [3.63, 3.8) is 0 Å². The first kappa shape index (κ1) is 17.2. The fourth-order valence-corrected chi connectivity index (χ4v) is 2.84. The number of aliphatic hydroxyl groups is 1. The molecule has 0 aliphatic carbocycles. The molecule has 3 rings (SSSR count). The van der Waals surface area contributed by atoms with Crippen molar-refractivity contribution in [1.29, 1.82) is 0 Å². The number of hydroxylamine groups is 1. The lowest BCUT2D eigenvalue weighted by atomic mass is 10.1. The van der Waals surface area contributed by atoms with Crippen molar-refractivity contribution in [3.8, 4) is 0 Å². The van der Waals surface area contributed by atoms with Crippen LogP contribution in [0.4, 0.5) is 0 Å². The van der Waals surface area contributed by atoms with Gasteiger partial charge < -0.3 is 9.52 Å². The second kappa shape index (κ2) is 7.94. The molecule has 25 heavy (non-hydrogen) atoms. The Morgan fingerprint density at radius 3 is 2.56 bits per heavy atom. The molecule has 6 nitrogen and oxygen atoms in total. The Bertz CT molecular complexity index is 842. The number of amides is 1. The number of fused-ring (bicyclic) bond motifs is 1. The molecule has 1 aromatic heterocycles. The van der Waals surface area contributed by atoms with Crippen molar-refractivity contribution < 1.29 is 19.5 Å². The number of aliphatic hydroxyl groups excluding tert-OH is 1. The van der Waals surface area contributed by atoms with Gasteiger partial charge in [-0.2, -0.15) is 0 Å². The van der Waals surface area contributed by atoms with Crippen LogP contribution in [0.3, 0.4) is 0 Å². The summed E-state index contributed by atoms with van der Waals surface area (Å²) in [5, 5.41) is 19.1. The van der Waals surface area contributed by atoms with Gasteiger partial charge in [-0.25, -0.2) is 5.48 Å². The zero-order valence-corrected chi connectivity index (χ0v) is 13.7. The van der Waals surface area contributed by atoms with Gasteiger partial charge >= 0.3 is 0 Å². The highest BCUT2D eigenvalue weighted by atomic mass is 16.5. The van der Waals surface area contributed by atoms with Gasteiger partial charge in [-0.3, -0.25) is 14.9 Å². The number of carbonyl (C=O) groups is 1. The molecule has 0 fully saturated rings. The van der Waals surface area contributed by atoms with Crippen LogP contribution in [0.15, 0.2) is 59.2 Å². The van der Waals surface area contributed by atoms with Gasteiger partial charge in [0.15, 0.2) is 0 Å². The fraction of sp³-hybridized carbons (Fsp3) is 0.211. The molecule has 0 saturated carbocycles. The Morgan fingerprint density at radius 1 is 1.08 bits per heavy atom. The smallest absolute Gasteiger partial charge is 0.274 e. The maximum absolute atomic E-state index is 11.4. The summed E-state index contributed by atoms with van der Waals surface area (Å²) in [6, 6.07) is 14.9. The molecule has 0 atom stereocenters. The molecule has 0 saturated heterocycles. The number of hydrogen-bond donors (Lipinski definition) is 3. The minimum absolute atomic E-state index is 0.0563. The maximum atomic E-state index is 11.4. The highest BCUT2D eigenvalue weighted by molar-refractivity contribution is 5.93. The van der Waals surface area contributed by atoms with E-state index in [1.165, 1.54) is 0 Å². The van der Waals surface area contributed by atoms with Crippen LogP contribution in [0.2, 0.25) is 0 Å². The summed E-state index contributed by atoms with van der Waals surface area (Å²) in [5.41, 5.74) is 4.93. The lowest BCUT2D eigenvalue weighted by Crippen LogP contribution is -2.26. The first-order valence-corrected chi connectivity index (χ1v) is 8.03. The fourth-order valence-electron chi connectivity index (χ4n) is 2.84. The summed E-state index contributed by atoms with van der Waals surface area (Å²) >= 11 is 0. The highest BCUT2D eigenvalue weighted by Gasteiger charge is 2.12. The molecule has 130 valence electrons. The third-order valence-electron chi connectivity index (χ3n) is 4.10. The van der Waals surface area contributed by atoms with Crippen LogP contribution in [0.5, 0.6) is 0 Å². The molecular weight excluding hydrogens is 320 g/mol. The molecule has 0 bridgehead atoms. The van der Waals surface area contributed by atoms with E-state index in [4.69, 9.17) is 9.62 Å². The van der Waals surface area contributed by atoms with E-state index < -0.39 is 5.91 Å². The zero-order valence-electron chi connectivity index (χ0n) is 13.7. The molecule has 0 radical (unpaired) electrons. The van der Waals surface area contributed by atoms with Crippen LogP contribution in [-0.2, 0) is 13.1 Å². The largest absolute Gasteiger partial charge is 0.464 e. The Kier molecular flexibility index (Phi) is 5.45. The summed E-state index contributed by atoms with van der Waals surface area (Å²) in [7, 11) is 0. The Hall–Kier alpha value is -2.67. The van der Waals surface area contributed by atoms with Crippen LogP contribution in [0.25, 0.3) is 11.0 Å². The summed E-state index contributed by atoms with van der Waals surface area (Å²) < 4.78 is 5.58. The molecule has 1 heterocycles. The lowest BCUT2D eigenvalue weighted by molar-refractivity contribution is 0.0706. The van der Waals surface area contributed by atoms with Crippen LogP contribution in [0, 0.1) is 0 Å². The van der Waals surface area contributed by atoms with E-state index in [9.17, 15) is 9.90 Å². The second-order valence-corrected chi connectivity index (χ2v) is 5.83. The van der Waals surface area contributed by atoms with E-state index in [0.717, 1.165) is 22.1 Å². The number of benzene rings is 2. The molecule has 2 aromatic carbocycles. The van der Waals surface area contributed by atoms with Crippen molar-refractivity contribution in [2.45, 2.75) is 13.1 Å². The normalized spacial score (nSPS) is 11.2. The monoisotopic (exact) mass is 340 g/mol. The molecule has 6 heteroatoms. The molecule has 3 aromatic rings. The number of hydrogen-bond acceptors (Lipinski definition) is 5. The third-order valence-corrected chi connectivity index (χ3v) is 4.10. The van der Waals surface area contributed by atoms with E-state index >= 15 is 0 Å². The van der Waals surface area contributed by atoms with E-state index in [2.05, 4.69) is 4.90 Å². The van der Waals surface area contributed by atoms with Crippen LogP contribution in [0.1, 0.15) is 21.5 Å². The van der Waals surface area contributed by atoms with Gasteiger partial charge in [0.2, 0.25) is 0 Å². The second-order valence-electron chi connectivity index (χ2n) is 5.83. The number of nitrogens with zero attached hydrogens (tertiary/aromatic N) is 1. The highest BCUT2D eigenvalue weighted by Crippen LogP contribution is 2.22. The van der Waals surface area contributed by atoms with Gasteiger partial charge in [0.25, 0.3) is 5.91 Å². The van der Waals surface area contributed by atoms with Crippen molar-refractivity contribution in [2.24, 2.45) is 0 Å². The maximum Gasteiger partial charge on any atom is 0.274 e. The topological polar surface area (TPSA) is 85.9 Å². The zero-order chi connectivity index (χ0) is 17.6. The average Bonchev–Trinajstić information content (AvgIpc) is 3.05. The lowest BCUT2D eigenvalue weighted by Gasteiger charge is -2.21. The number of rotatable bonds is 7. The van der Waals surface area contributed by atoms with E-state index in [-0.39, 0.29) is 6.61 Å². The van der Waals surface area contributed by atoms with E-state index in [1.807, 2.05) is 36.4 Å². The van der Waals surface area contributed by atoms with Gasteiger partial charge in [-0.15, -0.1) is 0 Å². The van der Waals surface area contributed by atoms with Gasteiger partial charge in [0, 0.05) is 36.1 Å². The minimum Gasteiger partial charge on any atom is -0.464 e. The van der Waals surface area contributed by atoms with Gasteiger partial charge in [0.1, 0.15) is 5.58 Å². The first-order chi connectivity index (χ1) is 12.2. The van der Waals surface area contributed by atoms with Crippen molar-refractivity contribution >= 4 is 16.9 Å². The Labute approximate surface area is 145 Å². The number of para-hydroxylation sites is 1. The molecule has 0 spiro atoms. The predicted octanol–water partition coefficient (Wildman–Crippen LogP) is 2.55. The molecule has 0 aliphatic heterocycles. The minimum atomic E-state index is -0.538. The first-order valence-electron chi connectivity index (χ1n) is 8.03. The molecule has 3 N–H and O–H groups in total. The average molecular weight is 340 g/mol. The Morgan fingerprint density at radius 2 is 1.84 bits per heavy atom. The summed E-state index contributed by atoms with van der Waals surface area (Å²) in [4.78, 5) is 13.5. The quantitative estimate of drug-likeness (QED) is 0.455. The molecule has 0 aliphatic rings. The number of furan rings is 1. The summed E-state index contributed by atoms with van der Waals surface area (Å²) in [6.07, 6.45) is 1.75. The van der Waals surface area contributed by atoms with Gasteiger partial charge in [-0.1, -0.05) is 30.3 Å². The van der Waals surface area contributed by atoms with E-state index in [1.54, 1.807) is 23.9 Å². The SMILES string of the molecule is O=C(NO)c1ccc(CN(CCO)Cc2coc3ccccc23)cc1. The van der Waals surface area contributed by atoms with Crippen molar-refractivity contribution in [1.82, 2.24) is 10.4 Å². The van der Waals surface area contributed by atoms with Crippen LogP contribution in [-0.4, -0.2) is 34.3 Å². The third kappa shape index (κ3) is 4.06. The summed E-state index contributed by atoms with van der Waals surface area (Å²) in [6.45, 7) is 1.86. The predicted molar refractivity (Wildman–Crippen MR) is 93.1 cm³/mol. The van der Waals surface area contributed by atoms with Crippen molar-refractivity contribution in [2.75, 3.05) is 13.2 Å². The standard InChI is InChI=1S/C19H20N2O4/c22-10-9-21(11-14-5-7-15(8-6-14)19(23)20-24)12-16-13-25-18-4-2-1-3-17(16)18/h1-8,13,22,24H,9-12H2,(H,20,23). The van der Waals surface area contributed by atoms with Gasteiger partial charge in [0.05, 0.1) is 12.9 Å². The van der Waals surface area contributed by atoms with Crippen molar-refractivity contribution in [3.05, 3.63) is 71.5 Å².